The van der Waals surface area contributed by atoms with Crippen molar-refractivity contribution < 1.29 is 19.2 Å². The molecule has 0 aromatic carbocycles. The molecular weight excluding hydrogens is 216 g/mol. The Hall–Kier alpha value is -2.18. The van der Waals surface area contributed by atoms with E-state index in [1.54, 1.807) is 0 Å². The molecule has 0 spiro atoms. The highest BCUT2D eigenvalue weighted by atomic mass is 16.6. The van der Waals surface area contributed by atoms with Gasteiger partial charge in [0.25, 0.3) is 5.88 Å². The monoisotopic (exact) mass is 226 g/mol. The lowest BCUT2D eigenvalue weighted by atomic mass is 10.2. The van der Waals surface area contributed by atoms with E-state index in [4.69, 9.17) is 9.47 Å². The third-order valence-corrected chi connectivity index (χ3v) is 1.89. The first-order valence-corrected chi connectivity index (χ1v) is 4.34. The molecule has 0 atom stereocenters. The topological polar surface area (TPSA) is 91.6 Å². The molecule has 1 aromatic rings. The lowest BCUT2D eigenvalue weighted by Crippen LogP contribution is -2.02. The summed E-state index contributed by atoms with van der Waals surface area (Å²) in [7, 11) is 2.63. The van der Waals surface area contributed by atoms with E-state index in [1.165, 1.54) is 20.3 Å². The van der Waals surface area contributed by atoms with Crippen LogP contribution in [0.1, 0.15) is 5.56 Å². The van der Waals surface area contributed by atoms with Crippen LogP contribution in [0.5, 0.6) is 11.8 Å². The van der Waals surface area contributed by atoms with Crippen LogP contribution in [-0.4, -0.2) is 30.4 Å². The van der Waals surface area contributed by atoms with Crippen molar-refractivity contribution in [3.63, 3.8) is 0 Å². The largest absolute Gasteiger partial charge is 0.481 e. The summed E-state index contributed by atoms with van der Waals surface area (Å²) in [5.74, 6) is 0.00560. The maximum atomic E-state index is 10.7. The van der Waals surface area contributed by atoms with E-state index in [-0.39, 0.29) is 23.9 Å². The highest BCUT2D eigenvalue weighted by molar-refractivity contribution is 5.59. The van der Waals surface area contributed by atoms with Crippen molar-refractivity contribution in [1.29, 1.82) is 0 Å². The Morgan fingerprint density at radius 2 is 2.06 bits per heavy atom. The SMILES string of the molecule is COc1nc(OC)c([N+](=O)[O-])cc1CC=O. The predicted octanol–water partition coefficient (Wildman–Crippen LogP) is 0.748. The van der Waals surface area contributed by atoms with E-state index in [1.807, 2.05) is 0 Å². The Kier molecular flexibility index (Phi) is 3.76. The lowest BCUT2D eigenvalue weighted by Gasteiger charge is -2.07. The van der Waals surface area contributed by atoms with Crippen molar-refractivity contribution in [3.8, 4) is 11.8 Å². The van der Waals surface area contributed by atoms with E-state index in [2.05, 4.69) is 4.98 Å². The number of hydrogen-bond acceptors (Lipinski definition) is 6. The number of hydrogen-bond donors (Lipinski definition) is 0. The molecule has 0 aliphatic carbocycles. The van der Waals surface area contributed by atoms with Gasteiger partial charge in [-0.05, 0) is 0 Å². The van der Waals surface area contributed by atoms with Gasteiger partial charge in [-0.3, -0.25) is 10.1 Å². The minimum absolute atomic E-state index is 0.001000. The fourth-order valence-corrected chi connectivity index (χ4v) is 1.20. The van der Waals surface area contributed by atoms with Crippen molar-refractivity contribution in [2.45, 2.75) is 6.42 Å². The van der Waals surface area contributed by atoms with E-state index < -0.39 is 4.92 Å². The van der Waals surface area contributed by atoms with Crippen LogP contribution in [0.15, 0.2) is 6.07 Å². The summed E-state index contributed by atoms with van der Waals surface area (Å²) in [6, 6.07) is 1.22. The highest BCUT2D eigenvalue weighted by Crippen LogP contribution is 2.30. The first kappa shape index (κ1) is 11.9. The lowest BCUT2D eigenvalue weighted by molar-refractivity contribution is -0.386. The van der Waals surface area contributed by atoms with Crippen LogP contribution in [0.3, 0.4) is 0 Å². The number of rotatable bonds is 5. The second-order valence-corrected chi connectivity index (χ2v) is 2.81. The molecule has 1 heterocycles. The van der Waals surface area contributed by atoms with E-state index in [9.17, 15) is 14.9 Å². The van der Waals surface area contributed by atoms with Crippen molar-refractivity contribution >= 4 is 12.0 Å². The van der Waals surface area contributed by atoms with E-state index >= 15 is 0 Å². The van der Waals surface area contributed by atoms with Crippen LogP contribution in [0, 0.1) is 10.1 Å². The molecular formula is C9H10N2O5. The quantitative estimate of drug-likeness (QED) is 0.418. The molecule has 0 aliphatic rings. The van der Waals surface area contributed by atoms with Crippen LogP contribution in [0.4, 0.5) is 5.69 Å². The smallest absolute Gasteiger partial charge is 0.331 e. The summed E-state index contributed by atoms with van der Waals surface area (Å²) in [4.78, 5) is 24.3. The number of aromatic nitrogens is 1. The fraction of sp³-hybridized carbons (Fsp3) is 0.333. The van der Waals surface area contributed by atoms with Gasteiger partial charge < -0.3 is 14.3 Å². The van der Waals surface area contributed by atoms with Crippen LogP contribution >= 0.6 is 0 Å². The first-order valence-electron chi connectivity index (χ1n) is 4.34. The number of aldehydes is 1. The molecule has 0 fully saturated rings. The van der Waals surface area contributed by atoms with Gasteiger partial charge in [-0.25, -0.2) is 0 Å². The molecule has 16 heavy (non-hydrogen) atoms. The molecule has 0 unspecified atom stereocenters. The Morgan fingerprint density at radius 1 is 1.44 bits per heavy atom. The van der Waals surface area contributed by atoms with Crippen LogP contribution in [0.2, 0.25) is 0 Å². The second-order valence-electron chi connectivity index (χ2n) is 2.81. The molecule has 7 heteroatoms. The highest BCUT2D eigenvalue weighted by Gasteiger charge is 2.20. The number of carbonyl (C=O) groups is 1. The summed E-state index contributed by atoms with van der Waals surface area (Å²) in [6.45, 7) is 0. The normalized spacial score (nSPS) is 9.62. The Labute approximate surface area is 91.2 Å². The minimum atomic E-state index is -0.625. The average Bonchev–Trinajstić information content (AvgIpc) is 2.28. The molecule has 1 aromatic heterocycles. The van der Waals surface area contributed by atoms with Crippen molar-refractivity contribution in [3.05, 3.63) is 21.7 Å². The molecule has 1 rings (SSSR count). The third kappa shape index (κ3) is 2.25. The summed E-state index contributed by atoms with van der Waals surface area (Å²) in [5, 5.41) is 10.7. The predicted molar refractivity (Wildman–Crippen MR) is 53.8 cm³/mol. The number of methoxy groups -OCH3 is 2. The van der Waals surface area contributed by atoms with Crippen LogP contribution in [0.25, 0.3) is 0 Å². The molecule has 86 valence electrons. The standard InChI is InChI=1S/C9H10N2O5/c1-15-8-6(3-4-12)5-7(11(13)14)9(10-8)16-2/h4-5H,3H2,1-2H3. The zero-order valence-electron chi connectivity index (χ0n) is 8.80. The van der Waals surface area contributed by atoms with Gasteiger partial charge in [0, 0.05) is 18.1 Å². The van der Waals surface area contributed by atoms with Gasteiger partial charge in [0.2, 0.25) is 5.88 Å². The van der Waals surface area contributed by atoms with E-state index in [0.29, 0.717) is 11.8 Å². The summed E-state index contributed by atoms with van der Waals surface area (Å²) < 4.78 is 9.66. The molecule has 0 radical (unpaired) electrons. The Balaban J connectivity index is 3.33. The zero-order chi connectivity index (χ0) is 12.1. The molecule has 0 saturated carbocycles. The molecule has 0 bridgehead atoms. The summed E-state index contributed by atoms with van der Waals surface area (Å²) in [6.07, 6.45) is 0.622. The van der Waals surface area contributed by atoms with E-state index in [0.717, 1.165) is 0 Å². The van der Waals surface area contributed by atoms with Crippen molar-refractivity contribution in [2.75, 3.05) is 14.2 Å². The summed E-state index contributed by atoms with van der Waals surface area (Å²) in [5.41, 5.74) is 0.0603. The van der Waals surface area contributed by atoms with Gasteiger partial charge in [-0.1, -0.05) is 0 Å². The number of nitrogens with zero attached hydrogens (tertiary/aromatic N) is 2. The molecule has 7 nitrogen and oxygen atoms in total. The van der Waals surface area contributed by atoms with Gasteiger partial charge >= 0.3 is 5.69 Å². The zero-order valence-corrected chi connectivity index (χ0v) is 8.80. The first-order chi connectivity index (χ1) is 7.63. The van der Waals surface area contributed by atoms with Crippen LogP contribution in [-0.2, 0) is 11.2 Å². The van der Waals surface area contributed by atoms with Gasteiger partial charge in [0.15, 0.2) is 0 Å². The summed E-state index contributed by atoms with van der Waals surface area (Å²) >= 11 is 0. The number of nitro groups is 1. The molecule has 0 saturated heterocycles. The van der Waals surface area contributed by atoms with Gasteiger partial charge in [0.1, 0.15) is 6.29 Å². The minimum Gasteiger partial charge on any atom is -0.481 e. The second kappa shape index (κ2) is 5.06. The van der Waals surface area contributed by atoms with Gasteiger partial charge in [-0.15, -0.1) is 0 Å². The average molecular weight is 226 g/mol. The fourth-order valence-electron chi connectivity index (χ4n) is 1.20. The maximum absolute atomic E-state index is 10.7. The van der Waals surface area contributed by atoms with Gasteiger partial charge in [-0.2, -0.15) is 4.98 Å². The van der Waals surface area contributed by atoms with Crippen molar-refractivity contribution in [1.82, 2.24) is 4.98 Å². The van der Waals surface area contributed by atoms with Crippen LogP contribution < -0.4 is 9.47 Å². The number of pyridine rings is 1. The maximum Gasteiger partial charge on any atom is 0.331 e. The Morgan fingerprint density at radius 3 is 2.50 bits per heavy atom. The number of carbonyl (C=O) groups excluding carboxylic acids is 1. The molecule has 0 amide bonds. The third-order valence-electron chi connectivity index (χ3n) is 1.89. The van der Waals surface area contributed by atoms with Crippen molar-refractivity contribution in [2.24, 2.45) is 0 Å². The molecule has 0 N–H and O–H groups in total. The number of ether oxygens (including phenoxy) is 2. The Bertz CT molecular complexity index is 419. The van der Waals surface area contributed by atoms with Gasteiger partial charge in [0.05, 0.1) is 19.1 Å². The molecule has 0 aliphatic heterocycles.